The third kappa shape index (κ3) is 3.83. The fourth-order valence-electron chi connectivity index (χ4n) is 2.78. The molecule has 2 amide bonds. The highest BCUT2D eigenvalue weighted by atomic mass is 35.5. The van der Waals surface area contributed by atoms with Crippen molar-refractivity contribution in [1.29, 1.82) is 0 Å². The number of rotatable bonds is 5. The molecule has 10 heteroatoms. The molecule has 1 aliphatic rings. The van der Waals surface area contributed by atoms with Crippen molar-refractivity contribution in [1.82, 2.24) is 20.3 Å². The number of piperidine rings is 1. The summed E-state index contributed by atoms with van der Waals surface area (Å²) in [5.41, 5.74) is 0.358. The molecule has 1 aromatic carbocycles. The number of carbonyl (C=O) groups is 3. The SMILES string of the molecule is O=C(Cn1cc(C(=O)O)nn1)NC1CCCN(c2ccccc2Cl)C1=O. The molecule has 2 N–H and O–H groups in total. The summed E-state index contributed by atoms with van der Waals surface area (Å²) in [5.74, 6) is -1.91. The molecule has 1 atom stereocenters. The monoisotopic (exact) mass is 377 g/mol. The zero-order valence-corrected chi connectivity index (χ0v) is 14.4. The fraction of sp³-hybridized carbons (Fsp3) is 0.312. The van der Waals surface area contributed by atoms with Gasteiger partial charge in [-0.2, -0.15) is 0 Å². The summed E-state index contributed by atoms with van der Waals surface area (Å²) in [6.07, 6.45) is 2.39. The lowest BCUT2D eigenvalue weighted by atomic mass is 10.0. The number of aromatic carboxylic acids is 1. The van der Waals surface area contributed by atoms with E-state index in [2.05, 4.69) is 15.6 Å². The summed E-state index contributed by atoms with van der Waals surface area (Å²) in [6, 6.07) is 6.37. The molecule has 0 saturated carbocycles. The third-order valence-corrected chi connectivity index (χ3v) is 4.30. The highest BCUT2D eigenvalue weighted by Gasteiger charge is 2.31. The first-order valence-corrected chi connectivity index (χ1v) is 8.32. The van der Waals surface area contributed by atoms with Crippen molar-refractivity contribution in [2.45, 2.75) is 25.4 Å². The number of carbonyl (C=O) groups excluding carboxylic acids is 2. The smallest absolute Gasteiger partial charge is 0.358 e. The summed E-state index contributed by atoms with van der Waals surface area (Å²) < 4.78 is 1.11. The van der Waals surface area contributed by atoms with Crippen LogP contribution < -0.4 is 10.2 Å². The molecule has 0 spiro atoms. The van der Waals surface area contributed by atoms with Crippen LogP contribution in [0.5, 0.6) is 0 Å². The Labute approximate surface area is 153 Å². The van der Waals surface area contributed by atoms with E-state index in [1.807, 2.05) is 0 Å². The van der Waals surface area contributed by atoms with E-state index < -0.39 is 17.9 Å². The number of amides is 2. The van der Waals surface area contributed by atoms with Gasteiger partial charge in [0.2, 0.25) is 11.8 Å². The number of aromatic nitrogens is 3. The quantitative estimate of drug-likeness (QED) is 0.800. The van der Waals surface area contributed by atoms with Crippen molar-refractivity contribution < 1.29 is 19.5 Å². The lowest BCUT2D eigenvalue weighted by Crippen LogP contribution is -2.53. The van der Waals surface area contributed by atoms with Gasteiger partial charge in [-0.3, -0.25) is 9.59 Å². The molecule has 3 rings (SSSR count). The Balaban J connectivity index is 1.65. The highest BCUT2D eigenvalue weighted by molar-refractivity contribution is 6.33. The van der Waals surface area contributed by atoms with Gasteiger partial charge in [0, 0.05) is 6.54 Å². The van der Waals surface area contributed by atoms with Crippen molar-refractivity contribution in [2.24, 2.45) is 0 Å². The zero-order valence-electron chi connectivity index (χ0n) is 13.6. The maximum Gasteiger partial charge on any atom is 0.358 e. The maximum absolute atomic E-state index is 12.7. The molecule has 0 aliphatic carbocycles. The van der Waals surface area contributed by atoms with E-state index in [1.165, 1.54) is 0 Å². The topological polar surface area (TPSA) is 117 Å². The number of para-hydroxylation sites is 1. The lowest BCUT2D eigenvalue weighted by Gasteiger charge is -2.33. The summed E-state index contributed by atoms with van der Waals surface area (Å²) >= 11 is 6.16. The number of carboxylic acid groups (broad SMARTS) is 1. The van der Waals surface area contributed by atoms with Crippen LogP contribution in [0.3, 0.4) is 0 Å². The van der Waals surface area contributed by atoms with Crippen molar-refractivity contribution in [2.75, 3.05) is 11.4 Å². The van der Waals surface area contributed by atoms with Gasteiger partial charge in [0.1, 0.15) is 12.6 Å². The van der Waals surface area contributed by atoms with Gasteiger partial charge in [0.25, 0.3) is 0 Å². The van der Waals surface area contributed by atoms with Crippen molar-refractivity contribution in [3.8, 4) is 0 Å². The number of halogens is 1. The molecule has 0 bridgehead atoms. The predicted molar refractivity (Wildman–Crippen MR) is 92.0 cm³/mol. The summed E-state index contributed by atoms with van der Waals surface area (Å²) in [7, 11) is 0. The second-order valence-corrected chi connectivity index (χ2v) is 6.22. The Hall–Kier alpha value is -2.94. The van der Waals surface area contributed by atoms with Crippen LogP contribution in [0.15, 0.2) is 30.5 Å². The van der Waals surface area contributed by atoms with Gasteiger partial charge in [0.15, 0.2) is 5.69 Å². The number of benzene rings is 1. The van der Waals surface area contributed by atoms with Crippen LogP contribution in [0.4, 0.5) is 5.69 Å². The second kappa shape index (κ2) is 7.52. The Morgan fingerprint density at radius 1 is 1.35 bits per heavy atom. The zero-order chi connectivity index (χ0) is 18.7. The Morgan fingerprint density at radius 3 is 2.81 bits per heavy atom. The van der Waals surface area contributed by atoms with Gasteiger partial charge in [-0.05, 0) is 25.0 Å². The largest absolute Gasteiger partial charge is 0.476 e. The Morgan fingerprint density at radius 2 is 2.12 bits per heavy atom. The van der Waals surface area contributed by atoms with Crippen molar-refractivity contribution in [3.63, 3.8) is 0 Å². The van der Waals surface area contributed by atoms with Crippen LogP contribution in [0.2, 0.25) is 5.02 Å². The first kappa shape index (κ1) is 17.9. The van der Waals surface area contributed by atoms with E-state index in [0.29, 0.717) is 30.1 Å². The van der Waals surface area contributed by atoms with Crippen LogP contribution in [0.25, 0.3) is 0 Å². The number of carboxylic acids is 1. The minimum Gasteiger partial charge on any atom is -0.476 e. The highest BCUT2D eigenvalue weighted by Crippen LogP contribution is 2.28. The molecule has 1 aromatic heterocycles. The number of hydrogen-bond donors (Lipinski definition) is 2. The number of nitrogens with zero attached hydrogens (tertiary/aromatic N) is 4. The first-order chi connectivity index (χ1) is 12.5. The molecular weight excluding hydrogens is 362 g/mol. The average Bonchev–Trinajstić information content (AvgIpc) is 3.06. The Bertz CT molecular complexity index is 853. The molecule has 2 heterocycles. The van der Waals surface area contributed by atoms with E-state index >= 15 is 0 Å². The number of hydrogen-bond acceptors (Lipinski definition) is 5. The fourth-order valence-corrected chi connectivity index (χ4v) is 3.02. The summed E-state index contributed by atoms with van der Waals surface area (Å²) in [4.78, 5) is 37.2. The maximum atomic E-state index is 12.7. The van der Waals surface area contributed by atoms with Gasteiger partial charge < -0.3 is 15.3 Å². The molecule has 136 valence electrons. The van der Waals surface area contributed by atoms with Gasteiger partial charge in [-0.1, -0.05) is 28.9 Å². The lowest BCUT2D eigenvalue weighted by molar-refractivity contribution is -0.128. The third-order valence-electron chi connectivity index (χ3n) is 3.98. The molecular formula is C16H16ClN5O4. The summed E-state index contributed by atoms with van der Waals surface area (Å²) in [6.45, 7) is 0.302. The van der Waals surface area contributed by atoms with E-state index in [4.69, 9.17) is 16.7 Å². The standard InChI is InChI=1S/C16H16ClN5O4/c17-10-4-1-2-6-13(10)22-7-3-5-11(15(22)24)18-14(23)9-21-8-12(16(25)26)19-20-21/h1-2,4,6,8,11H,3,5,7,9H2,(H,18,23)(H,25,26). The molecule has 1 saturated heterocycles. The molecule has 1 aliphatic heterocycles. The van der Waals surface area contributed by atoms with Crippen molar-refractivity contribution in [3.05, 3.63) is 41.2 Å². The summed E-state index contributed by atoms with van der Waals surface area (Å²) in [5, 5.41) is 19.0. The van der Waals surface area contributed by atoms with Crippen LogP contribution in [0, 0.1) is 0 Å². The first-order valence-electron chi connectivity index (χ1n) is 7.94. The van der Waals surface area contributed by atoms with Crippen LogP contribution in [-0.2, 0) is 16.1 Å². The van der Waals surface area contributed by atoms with Crippen LogP contribution >= 0.6 is 11.6 Å². The molecule has 9 nitrogen and oxygen atoms in total. The normalized spacial score (nSPS) is 17.2. The number of nitrogens with one attached hydrogen (secondary N) is 1. The minimum atomic E-state index is -1.23. The average molecular weight is 378 g/mol. The van der Waals surface area contributed by atoms with Gasteiger partial charge in [0.05, 0.1) is 16.9 Å². The van der Waals surface area contributed by atoms with E-state index in [1.54, 1.807) is 29.2 Å². The van der Waals surface area contributed by atoms with E-state index in [-0.39, 0.29) is 18.1 Å². The van der Waals surface area contributed by atoms with Gasteiger partial charge >= 0.3 is 5.97 Å². The second-order valence-electron chi connectivity index (χ2n) is 5.81. The number of anilines is 1. The van der Waals surface area contributed by atoms with Gasteiger partial charge in [-0.25, -0.2) is 9.48 Å². The molecule has 0 radical (unpaired) electrons. The molecule has 2 aromatic rings. The van der Waals surface area contributed by atoms with Crippen molar-refractivity contribution >= 4 is 35.1 Å². The molecule has 1 unspecified atom stereocenters. The predicted octanol–water partition coefficient (Wildman–Crippen LogP) is 0.942. The van der Waals surface area contributed by atoms with E-state index in [0.717, 1.165) is 10.9 Å². The Kier molecular flexibility index (Phi) is 5.17. The van der Waals surface area contributed by atoms with Gasteiger partial charge in [-0.15, -0.1) is 5.10 Å². The molecule has 26 heavy (non-hydrogen) atoms. The van der Waals surface area contributed by atoms with E-state index in [9.17, 15) is 14.4 Å². The van der Waals surface area contributed by atoms with Crippen LogP contribution in [0.1, 0.15) is 23.3 Å². The molecule has 1 fully saturated rings. The minimum absolute atomic E-state index is 0.226. The van der Waals surface area contributed by atoms with Crippen LogP contribution in [-0.4, -0.2) is 50.5 Å².